The third-order valence-electron chi connectivity index (χ3n) is 4.39. The van der Waals surface area contributed by atoms with E-state index < -0.39 is 0 Å². The van der Waals surface area contributed by atoms with Crippen LogP contribution in [-0.2, 0) is 17.9 Å². The van der Waals surface area contributed by atoms with Gasteiger partial charge in [-0.25, -0.2) is 0 Å². The Morgan fingerprint density at radius 2 is 1.45 bits per heavy atom. The SMILES string of the molecule is CC(C)Oc1cccc(/C=C/C(=O)N(Cc2ccccc2)Cc2ccccc2)c1. The average molecular weight is 386 g/mol. The van der Waals surface area contributed by atoms with E-state index >= 15 is 0 Å². The van der Waals surface area contributed by atoms with Crippen LogP contribution in [0.25, 0.3) is 6.08 Å². The number of hydrogen-bond donors (Lipinski definition) is 0. The van der Waals surface area contributed by atoms with Gasteiger partial charge in [0.25, 0.3) is 0 Å². The zero-order chi connectivity index (χ0) is 20.5. The molecule has 0 aliphatic carbocycles. The number of nitrogens with zero attached hydrogens (tertiary/aromatic N) is 1. The summed E-state index contributed by atoms with van der Waals surface area (Å²) in [5.74, 6) is 0.785. The molecule has 0 bridgehead atoms. The van der Waals surface area contributed by atoms with E-state index in [1.165, 1.54) is 0 Å². The van der Waals surface area contributed by atoms with E-state index in [-0.39, 0.29) is 12.0 Å². The third-order valence-corrected chi connectivity index (χ3v) is 4.39. The van der Waals surface area contributed by atoms with E-state index in [1.54, 1.807) is 6.08 Å². The fourth-order valence-electron chi connectivity index (χ4n) is 3.06. The molecule has 0 atom stereocenters. The molecule has 0 fully saturated rings. The molecule has 1 amide bonds. The molecule has 3 heteroatoms. The maximum atomic E-state index is 13.0. The lowest BCUT2D eigenvalue weighted by Gasteiger charge is -2.21. The molecular weight excluding hydrogens is 358 g/mol. The van der Waals surface area contributed by atoms with Crippen LogP contribution in [0.15, 0.2) is 91.0 Å². The number of carbonyl (C=O) groups is 1. The summed E-state index contributed by atoms with van der Waals surface area (Å²) >= 11 is 0. The molecule has 3 rings (SSSR count). The first kappa shape index (κ1) is 20.4. The molecule has 3 aromatic carbocycles. The van der Waals surface area contributed by atoms with Crippen LogP contribution >= 0.6 is 0 Å². The average Bonchev–Trinajstić information content (AvgIpc) is 2.73. The van der Waals surface area contributed by atoms with Gasteiger partial charge >= 0.3 is 0 Å². The molecule has 0 radical (unpaired) electrons. The zero-order valence-electron chi connectivity index (χ0n) is 17.0. The largest absolute Gasteiger partial charge is 0.491 e. The summed E-state index contributed by atoms with van der Waals surface area (Å²) in [4.78, 5) is 14.9. The molecule has 3 nitrogen and oxygen atoms in total. The fraction of sp³-hybridized carbons (Fsp3) is 0.192. The van der Waals surface area contributed by atoms with Crippen LogP contribution in [0.4, 0.5) is 0 Å². The molecule has 0 heterocycles. The minimum absolute atomic E-state index is 0.0205. The number of rotatable bonds is 8. The van der Waals surface area contributed by atoms with E-state index in [2.05, 4.69) is 0 Å². The molecular formula is C26H27NO2. The Labute approximate surface area is 173 Å². The van der Waals surface area contributed by atoms with Gasteiger partial charge in [-0.3, -0.25) is 4.79 Å². The monoisotopic (exact) mass is 385 g/mol. The Bertz CT molecular complexity index is 892. The van der Waals surface area contributed by atoms with Crippen molar-refractivity contribution in [3.8, 4) is 5.75 Å². The molecule has 0 unspecified atom stereocenters. The van der Waals surface area contributed by atoms with Crippen molar-refractivity contribution in [2.75, 3.05) is 0 Å². The lowest BCUT2D eigenvalue weighted by atomic mass is 10.1. The van der Waals surface area contributed by atoms with Crippen molar-refractivity contribution in [1.29, 1.82) is 0 Å². The van der Waals surface area contributed by atoms with Gasteiger partial charge in [-0.2, -0.15) is 0 Å². The fourth-order valence-corrected chi connectivity index (χ4v) is 3.06. The Kier molecular flexibility index (Phi) is 7.23. The van der Waals surface area contributed by atoms with Crippen molar-refractivity contribution in [1.82, 2.24) is 4.90 Å². The first-order valence-corrected chi connectivity index (χ1v) is 9.92. The number of benzene rings is 3. The summed E-state index contributed by atoms with van der Waals surface area (Å²) in [6.45, 7) is 5.12. The van der Waals surface area contributed by atoms with Gasteiger partial charge in [-0.05, 0) is 48.7 Å². The van der Waals surface area contributed by atoms with Crippen LogP contribution in [0.1, 0.15) is 30.5 Å². The normalized spacial score (nSPS) is 11.0. The van der Waals surface area contributed by atoms with Crippen molar-refractivity contribution >= 4 is 12.0 Å². The van der Waals surface area contributed by atoms with E-state index in [0.29, 0.717) is 13.1 Å². The molecule has 29 heavy (non-hydrogen) atoms. The van der Waals surface area contributed by atoms with Crippen LogP contribution in [0, 0.1) is 0 Å². The van der Waals surface area contributed by atoms with Crippen LogP contribution in [0.3, 0.4) is 0 Å². The summed E-state index contributed by atoms with van der Waals surface area (Å²) < 4.78 is 5.74. The van der Waals surface area contributed by atoms with E-state index in [0.717, 1.165) is 22.4 Å². The van der Waals surface area contributed by atoms with Gasteiger partial charge in [0, 0.05) is 19.2 Å². The smallest absolute Gasteiger partial charge is 0.247 e. The lowest BCUT2D eigenvalue weighted by molar-refractivity contribution is -0.127. The second-order valence-corrected chi connectivity index (χ2v) is 7.24. The first-order chi connectivity index (χ1) is 14.1. The molecule has 0 aliphatic rings. The highest BCUT2D eigenvalue weighted by atomic mass is 16.5. The number of amides is 1. The topological polar surface area (TPSA) is 29.5 Å². The van der Waals surface area contributed by atoms with Gasteiger partial charge in [-0.1, -0.05) is 72.8 Å². The highest BCUT2D eigenvalue weighted by Crippen LogP contribution is 2.17. The predicted octanol–water partition coefficient (Wildman–Crippen LogP) is 5.72. The predicted molar refractivity (Wildman–Crippen MR) is 118 cm³/mol. The number of ether oxygens (including phenoxy) is 1. The van der Waals surface area contributed by atoms with Crippen molar-refractivity contribution in [3.63, 3.8) is 0 Å². The van der Waals surface area contributed by atoms with E-state index in [1.807, 2.05) is 110 Å². The quantitative estimate of drug-likeness (QED) is 0.464. The van der Waals surface area contributed by atoms with Gasteiger partial charge in [0.1, 0.15) is 5.75 Å². The summed E-state index contributed by atoms with van der Waals surface area (Å²) in [5.41, 5.74) is 3.16. The van der Waals surface area contributed by atoms with Crippen molar-refractivity contribution < 1.29 is 9.53 Å². The lowest BCUT2D eigenvalue weighted by Crippen LogP contribution is -2.28. The van der Waals surface area contributed by atoms with Crippen LogP contribution in [0.2, 0.25) is 0 Å². The molecule has 0 saturated heterocycles. The van der Waals surface area contributed by atoms with Crippen LogP contribution < -0.4 is 4.74 Å². The second kappa shape index (κ2) is 10.3. The molecule has 0 saturated carbocycles. The molecule has 3 aromatic rings. The van der Waals surface area contributed by atoms with E-state index in [4.69, 9.17) is 4.74 Å². The standard InChI is InChI=1S/C26H27NO2/c1-21(2)29-25-15-9-14-22(18-25)16-17-26(28)27(19-23-10-5-3-6-11-23)20-24-12-7-4-8-13-24/h3-18,21H,19-20H2,1-2H3/b17-16+. The Hall–Kier alpha value is -3.33. The van der Waals surface area contributed by atoms with E-state index in [9.17, 15) is 4.79 Å². The summed E-state index contributed by atoms with van der Waals surface area (Å²) in [6, 6.07) is 27.9. The van der Waals surface area contributed by atoms with Gasteiger partial charge in [0.2, 0.25) is 5.91 Å². The van der Waals surface area contributed by atoms with Crippen molar-refractivity contribution in [2.45, 2.75) is 33.0 Å². The summed E-state index contributed by atoms with van der Waals surface area (Å²) in [5, 5.41) is 0. The second-order valence-electron chi connectivity index (χ2n) is 7.24. The summed E-state index contributed by atoms with van der Waals surface area (Å²) in [7, 11) is 0. The first-order valence-electron chi connectivity index (χ1n) is 9.92. The minimum atomic E-state index is -0.0205. The van der Waals surface area contributed by atoms with Gasteiger partial charge in [-0.15, -0.1) is 0 Å². The minimum Gasteiger partial charge on any atom is -0.491 e. The zero-order valence-corrected chi connectivity index (χ0v) is 17.0. The van der Waals surface area contributed by atoms with Gasteiger partial charge < -0.3 is 9.64 Å². The Morgan fingerprint density at radius 3 is 2.00 bits per heavy atom. The Morgan fingerprint density at radius 1 is 0.862 bits per heavy atom. The van der Waals surface area contributed by atoms with Crippen molar-refractivity contribution in [2.24, 2.45) is 0 Å². The molecule has 0 spiro atoms. The van der Waals surface area contributed by atoms with Gasteiger partial charge in [0.15, 0.2) is 0 Å². The molecule has 0 N–H and O–H groups in total. The highest BCUT2D eigenvalue weighted by Gasteiger charge is 2.12. The molecule has 0 aliphatic heterocycles. The summed E-state index contributed by atoms with van der Waals surface area (Å²) in [6.07, 6.45) is 3.60. The third kappa shape index (κ3) is 6.65. The highest BCUT2D eigenvalue weighted by molar-refractivity contribution is 5.91. The van der Waals surface area contributed by atoms with Crippen LogP contribution in [0.5, 0.6) is 5.75 Å². The number of carbonyl (C=O) groups excluding carboxylic acids is 1. The van der Waals surface area contributed by atoms with Crippen molar-refractivity contribution in [3.05, 3.63) is 108 Å². The molecule has 148 valence electrons. The Balaban J connectivity index is 1.76. The maximum absolute atomic E-state index is 13.0. The number of hydrogen-bond acceptors (Lipinski definition) is 2. The molecule has 0 aromatic heterocycles. The van der Waals surface area contributed by atoms with Gasteiger partial charge in [0.05, 0.1) is 6.10 Å². The maximum Gasteiger partial charge on any atom is 0.247 e. The van der Waals surface area contributed by atoms with Crippen LogP contribution in [-0.4, -0.2) is 16.9 Å².